The van der Waals surface area contributed by atoms with Crippen molar-refractivity contribution in [2.24, 2.45) is 0 Å². The monoisotopic (exact) mass is 435 g/mol. The maximum absolute atomic E-state index is 13.0. The van der Waals surface area contributed by atoms with Crippen molar-refractivity contribution in [1.29, 1.82) is 0 Å². The highest BCUT2D eigenvalue weighted by Crippen LogP contribution is 2.53. The third kappa shape index (κ3) is 3.63. The third-order valence-corrected chi connectivity index (χ3v) is 6.64. The number of anilines is 1. The van der Waals surface area contributed by atoms with Gasteiger partial charge in [-0.3, -0.25) is 0 Å². The lowest BCUT2D eigenvalue weighted by Gasteiger charge is -2.33. The van der Waals surface area contributed by atoms with Crippen LogP contribution in [-0.4, -0.2) is 38.2 Å². The number of rotatable bonds is 3. The van der Waals surface area contributed by atoms with Gasteiger partial charge in [0.05, 0.1) is 29.4 Å². The van der Waals surface area contributed by atoms with Crippen molar-refractivity contribution in [3.63, 3.8) is 0 Å². The number of nitrogens with zero attached hydrogens (tertiary/aromatic N) is 2. The molecule has 2 fully saturated rings. The first-order chi connectivity index (χ1) is 14.7. The Bertz CT molecular complexity index is 1020. The van der Waals surface area contributed by atoms with Crippen molar-refractivity contribution >= 4 is 5.82 Å². The normalized spacial score (nSPS) is 26.7. The smallest absolute Gasteiger partial charge is 0.416 e. The van der Waals surface area contributed by atoms with Gasteiger partial charge in [0, 0.05) is 17.5 Å². The molecular weight excluding hydrogens is 411 g/mol. The molecule has 2 aromatic rings. The minimum Gasteiger partial charge on any atom is -0.507 e. The second-order valence-corrected chi connectivity index (χ2v) is 8.89. The first-order valence-corrected chi connectivity index (χ1v) is 10.6. The van der Waals surface area contributed by atoms with Crippen LogP contribution in [0.2, 0.25) is 0 Å². The molecule has 2 aliphatic carbocycles. The predicted octanol–water partition coefficient (Wildman–Crippen LogP) is 4.36. The summed E-state index contributed by atoms with van der Waals surface area (Å²) in [5.74, 6) is 0.0429. The van der Waals surface area contributed by atoms with Gasteiger partial charge in [0.2, 0.25) is 0 Å². The number of nitrogens with one attached hydrogen (secondary N) is 1. The van der Waals surface area contributed by atoms with Gasteiger partial charge in [-0.2, -0.15) is 13.2 Å². The first kappa shape index (κ1) is 20.5. The van der Waals surface area contributed by atoms with Gasteiger partial charge >= 0.3 is 6.18 Å². The zero-order valence-electron chi connectivity index (χ0n) is 17.0. The quantitative estimate of drug-likeness (QED) is 0.664. The SMILES string of the molecule is C[C@H]1OC2(CC2)Cc2c(-c3ccc(C(F)(F)F)cc3O)nnc(N[C@@H]3CCC[C@H]3O)c21. The van der Waals surface area contributed by atoms with Crippen molar-refractivity contribution < 1.29 is 28.1 Å². The zero-order valence-corrected chi connectivity index (χ0v) is 17.0. The standard InChI is InChI=1S/C22H24F3N3O3/c1-11-18-14(10-21(31-11)7-8-21)19(13-6-5-12(9-17(13)30)22(23,24)25)27-28-20(18)26-15-3-2-4-16(15)29/h5-6,9,11,15-16,29-30H,2-4,7-8,10H2,1H3,(H,26,28)/t11-,15-,16-/m1/s1. The van der Waals surface area contributed by atoms with Crippen LogP contribution in [0.3, 0.4) is 0 Å². The molecule has 9 heteroatoms. The largest absolute Gasteiger partial charge is 0.507 e. The van der Waals surface area contributed by atoms with Crippen molar-refractivity contribution in [2.75, 3.05) is 5.32 Å². The molecule has 166 valence electrons. The summed E-state index contributed by atoms with van der Waals surface area (Å²) in [6, 6.07) is 2.78. The molecule has 5 rings (SSSR count). The molecule has 0 radical (unpaired) electrons. The Labute approximate surface area is 177 Å². The Morgan fingerprint density at radius 2 is 1.97 bits per heavy atom. The first-order valence-electron chi connectivity index (χ1n) is 10.6. The van der Waals surface area contributed by atoms with Crippen LogP contribution < -0.4 is 5.32 Å². The van der Waals surface area contributed by atoms with E-state index in [1.807, 2.05) is 6.92 Å². The summed E-state index contributed by atoms with van der Waals surface area (Å²) in [6.07, 6.45) is -0.483. The topological polar surface area (TPSA) is 87.5 Å². The van der Waals surface area contributed by atoms with E-state index < -0.39 is 23.6 Å². The number of aromatic nitrogens is 2. The average Bonchev–Trinajstić information content (AvgIpc) is 3.31. The van der Waals surface area contributed by atoms with E-state index >= 15 is 0 Å². The van der Waals surface area contributed by atoms with Crippen LogP contribution in [0.4, 0.5) is 19.0 Å². The van der Waals surface area contributed by atoms with Crippen LogP contribution >= 0.6 is 0 Å². The van der Waals surface area contributed by atoms with Crippen molar-refractivity contribution in [2.45, 2.75) is 75.5 Å². The van der Waals surface area contributed by atoms with Crippen LogP contribution in [0, 0.1) is 0 Å². The molecule has 31 heavy (non-hydrogen) atoms. The fourth-order valence-corrected chi connectivity index (χ4v) is 4.85. The molecule has 3 atom stereocenters. The van der Waals surface area contributed by atoms with Gasteiger partial charge in [-0.15, -0.1) is 10.2 Å². The minimum atomic E-state index is -4.54. The number of hydrogen-bond acceptors (Lipinski definition) is 6. The molecule has 0 saturated heterocycles. The number of phenols is 1. The van der Waals surface area contributed by atoms with Crippen LogP contribution in [0.15, 0.2) is 18.2 Å². The summed E-state index contributed by atoms with van der Waals surface area (Å²) in [5, 5.41) is 32.5. The fraction of sp³-hybridized carbons (Fsp3) is 0.545. The van der Waals surface area contributed by atoms with Gasteiger partial charge in [0.1, 0.15) is 11.4 Å². The average molecular weight is 435 g/mol. The molecule has 2 saturated carbocycles. The Kier molecular flexibility index (Phi) is 4.67. The number of halogens is 3. The summed E-state index contributed by atoms with van der Waals surface area (Å²) in [4.78, 5) is 0. The van der Waals surface area contributed by atoms with Crippen molar-refractivity contribution in [3.05, 3.63) is 34.9 Å². The Balaban J connectivity index is 1.60. The van der Waals surface area contributed by atoms with Gasteiger partial charge < -0.3 is 20.3 Å². The van der Waals surface area contributed by atoms with E-state index in [0.29, 0.717) is 17.9 Å². The van der Waals surface area contributed by atoms with E-state index in [9.17, 15) is 23.4 Å². The highest BCUT2D eigenvalue weighted by Gasteiger charge is 2.50. The molecule has 3 aliphatic rings. The van der Waals surface area contributed by atoms with Gasteiger partial charge in [0.25, 0.3) is 0 Å². The van der Waals surface area contributed by atoms with Crippen LogP contribution in [-0.2, 0) is 17.3 Å². The van der Waals surface area contributed by atoms with E-state index in [1.165, 1.54) is 6.07 Å². The zero-order chi connectivity index (χ0) is 22.0. The summed E-state index contributed by atoms with van der Waals surface area (Å²) in [6.45, 7) is 1.92. The maximum Gasteiger partial charge on any atom is 0.416 e. The maximum atomic E-state index is 13.0. The van der Waals surface area contributed by atoms with E-state index in [0.717, 1.165) is 55.4 Å². The molecule has 2 heterocycles. The number of aliphatic hydroxyl groups excluding tert-OH is 1. The number of alkyl halides is 3. The lowest BCUT2D eigenvalue weighted by Crippen LogP contribution is -2.33. The number of aromatic hydroxyl groups is 1. The van der Waals surface area contributed by atoms with E-state index in [1.54, 1.807) is 0 Å². The molecule has 1 aliphatic heterocycles. The molecule has 3 N–H and O–H groups in total. The fourth-order valence-electron chi connectivity index (χ4n) is 4.85. The Morgan fingerprint density at radius 3 is 2.58 bits per heavy atom. The highest BCUT2D eigenvalue weighted by molar-refractivity contribution is 5.73. The van der Waals surface area contributed by atoms with Crippen LogP contribution in [0.1, 0.15) is 61.8 Å². The lowest BCUT2D eigenvalue weighted by molar-refractivity contribution is -0.137. The second-order valence-electron chi connectivity index (χ2n) is 8.89. The van der Waals surface area contributed by atoms with Gasteiger partial charge in [-0.1, -0.05) is 0 Å². The van der Waals surface area contributed by atoms with Crippen LogP contribution in [0.5, 0.6) is 5.75 Å². The molecule has 0 bridgehead atoms. The molecule has 6 nitrogen and oxygen atoms in total. The Morgan fingerprint density at radius 1 is 1.19 bits per heavy atom. The number of benzene rings is 1. The summed E-state index contributed by atoms with van der Waals surface area (Å²) in [7, 11) is 0. The number of aliphatic hydroxyl groups is 1. The Hall–Kier alpha value is -2.39. The van der Waals surface area contributed by atoms with E-state index in [4.69, 9.17) is 4.74 Å². The molecule has 0 unspecified atom stereocenters. The summed E-state index contributed by atoms with van der Waals surface area (Å²) in [5.41, 5.74) is 1.02. The third-order valence-electron chi connectivity index (χ3n) is 6.64. The number of ether oxygens (including phenoxy) is 1. The molecule has 1 aromatic heterocycles. The minimum absolute atomic E-state index is 0.132. The van der Waals surface area contributed by atoms with Crippen molar-refractivity contribution in [3.8, 4) is 17.0 Å². The summed E-state index contributed by atoms with van der Waals surface area (Å²) >= 11 is 0. The van der Waals surface area contributed by atoms with Gasteiger partial charge in [-0.25, -0.2) is 0 Å². The van der Waals surface area contributed by atoms with E-state index in [-0.39, 0.29) is 23.3 Å². The van der Waals surface area contributed by atoms with Gasteiger partial charge in [0.15, 0.2) is 5.82 Å². The molecule has 1 aromatic carbocycles. The number of phenolic OH excluding ortho intramolecular Hbond substituents is 1. The van der Waals surface area contributed by atoms with Crippen molar-refractivity contribution in [1.82, 2.24) is 10.2 Å². The molecular formula is C22H24F3N3O3. The molecule has 1 spiro atoms. The number of fused-ring (bicyclic) bond motifs is 1. The molecule has 0 amide bonds. The van der Waals surface area contributed by atoms with E-state index in [2.05, 4.69) is 15.5 Å². The second kappa shape index (κ2) is 7.06. The predicted molar refractivity (Wildman–Crippen MR) is 107 cm³/mol. The lowest BCUT2D eigenvalue weighted by atomic mass is 9.90. The summed E-state index contributed by atoms with van der Waals surface area (Å²) < 4.78 is 45.3. The van der Waals surface area contributed by atoms with Crippen LogP contribution in [0.25, 0.3) is 11.3 Å². The number of hydrogen-bond donors (Lipinski definition) is 3. The van der Waals surface area contributed by atoms with Gasteiger partial charge in [-0.05, 0) is 62.8 Å². The highest BCUT2D eigenvalue weighted by atomic mass is 19.4.